The van der Waals surface area contributed by atoms with Gasteiger partial charge in [0.15, 0.2) is 0 Å². The highest BCUT2D eigenvalue weighted by Gasteiger charge is 2.45. The topological polar surface area (TPSA) is 95.6 Å². The Morgan fingerprint density at radius 1 is 1.24 bits per heavy atom. The Kier molecular flexibility index (Phi) is 5.34. The molecule has 9 heteroatoms. The van der Waals surface area contributed by atoms with E-state index in [0.717, 1.165) is 69.2 Å². The van der Waals surface area contributed by atoms with Gasteiger partial charge in [0.05, 0.1) is 24.5 Å². The number of aromatic nitrogens is 3. The molecule has 156 valence electrons. The number of morpholine rings is 1. The molecule has 5 heterocycles. The number of fused-ring (bicyclic) bond motifs is 2. The summed E-state index contributed by atoms with van der Waals surface area (Å²) in [5, 5.41) is 4.48. The van der Waals surface area contributed by atoms with E-state index >= 15 is 0 Å². The number of hydrogen-bond donors (Lipinski definition) is 2. The Hall–Kier alpha value is -2.23. The van der Waals surface area contributed by atoms with Crippen LogP contribution in [0.4, 0.5) is 5.82 Å². The van der Waals surface area contributed by atoms with Crippen molar-refractivity contribution in [2.45, 2.75) is 12.5 Å². The first-order valence-electron chi connectivity index (χ1n) is 10.5. The summed E-state index contributed by atoms with van der Waals surface area (Å²) in [6.45, 7) is 7.02. The van der Waals surface area contributed by atoms with E-state index in [0.29, 0.717) is 13.2 Å². The van der Waals surface area contributed by atoms with Gasteiger partial charge in [-0.2, -0.15) is 0 Å². The zero-order valence-electron chi connectivity index (χ0n) is 16.5. The molecule has 2 N–H and O–H groups in total. The summed E-state index contributed by atoms with van der Waals surface area (Å²) in [6.07, 6.45) is 4.48. The molecule has 2 aromatic rings. The first kappa shape index (κ1) is 18.8. The molecular formula is C20H28N6O3. The van der Waals surface area contributed by atoms with Crippen LogP contribution in [0.3, 0.4) is 0 Å². The smallest absolute Gasteiger partial charge is 0.310 e. The third-order valence-electron chi connectivity index (χ3n) is 6.50. The maximum Gasteiger partial charge on any atom is 0.310 e. The highest BCUT2D eigenvalue weighted by Crippen LogP contribution is 2.37. The predicted octanol–water partition coefficient (Wildman–Crippen LogP) is 0.248. The van der Waals surface area contributed by atoms with Gasteiger partial charge in [0, 0.05) is 51.5 Å². The monoisotopic (exact) mass is 400 g/mol. The largest absolute Gasteiger partial charge is 0.464 e. The lowest BCUT2D eigenvalue weighted by atomic mass is 9.83. The number of H-pyrrole nitrogens is 1. The molecule has 3 atom stereocenters. The zero-order valence-corrected chi connectivity index (χ0v) is 16.5. The highest BCUT2D eigenvalue weighted by atomic mass is 16.5. The second kappa shape index (κ2) is 8.25. The molecule has 3 fully saturated rings. The Morgan fingerprint density at radius 2 is 2.14 bits per heavy atom. The van der Waals surface area contributed by atoms with Gasteiger partial charge in [0.2, 0.25) is 0 Å². The normalized spacial score (nSPS) is 27.9. The minimum absolute atomic E-state index is 0.0724. The van der Waals surface area contributed by atoms with E-state index in [-0.39, 0.29) is 23.8 Å². The molecule has 3 saturated heterocycles. The number of nitrogens with zero attached hydrogens (tertiary/aromatic N) is 4. The maximum absolute atomic E-state index is 12.8. The van der Waals surface area contributed by atoms with Crippen molar-refractivity contribution in [2.75, 3.05) is 64.0 Å². The van der Waals surface area contributed by atoms with Crippen molar-refractivity contribution in [3.8, 4) is 0 Å². The molecule has 9 nitrogen and oxygen atoms in total. The zero-order chi connectivity index (χ0) is 19.6. The molecule has 0 spiro atoms. The molecule has 3 aliphatic heterocycles. The fraction of sp³-hybridized carbons (Fsp3) is 0.650. The summed E-state index contributed by atoms with van der Waals surface area (Å²) < 4.78 is 11.0. The van der Waals surface area contributed by atoms with Crippen molar-refractivity contribution in [1.82, 2.24) is 25.2 Å². The second-order valence-corrected chi connectivity index (χ2v) is 8.04. The predicted molar refractivity (Wildman–Crippen MR) is 108 cm³/mol. The van der Waals surface area contributed by atoms with Crippen LogP contribution in [0.15, 0.2) is 18.6 Å². The molecule has 0 radical (unpaired) electrons. The Labute approximate surface area is 169 Å². The number of hydrogen-bond acceptors (Lipinski definition) is 8. The number of anilines is 1. The third-order valence-corrected chi connectivity index (χ3v) is 6.50. The summed E-state index contributed by atoms with van der Waals surface area (Å²) in [4.78, 5) is 29.5. The van der Waals surface area contributed by atoms with Gasteiger partial charge >= 0.3 is 5.97 Å². The average molecular weight is 400 g/mol. The number of carbonyl (C=O) groups excluding carboxylic acids is 1. The highest BCUT2D eigenvalue weighted by molar-refractivity contribution is 5.87. The standard InChI is InChI=1S/C20H28N6O3/c27-20(29-10-7-25-5-8-28-9-6-25)16-11-21-12-17-14(16)2-4-26(17)19-15-1-3-22-18(15)23-13-24-19/h1,3,13-14,16-17,21H,2,4-12H2,(H,22,23,24)/t14-,16?,17+/m1/s1. The average Bonchev–Trinajstić information content (AvgIpc) is 3.41. The van der Waals surface area contributed by atoms with Gasteiger partial charge < -0.3 is 24.7 Å². The van der Waals surface area contributed by atoms with E-state index in [1.54, 1.807) is 6.33 Å². The number of esters is 1. The van der Waals surface area contributed by atoms with Crippen LogP contribution in [0, 0.1) is 11.8 Å². The van der Waals surface area contributed by atoms with Gasteiger partial charge in [-0.15, -0.1) is 0 Å². The summed E-state index contributed by atoms with van der Waals surface area (Å²) >= 11 is 0. The molecule has 29 heavy (non-hydrogen) atoms. The quantitative estimate of drug-likeness (QED) is 0.690. The summed E-state index contributed by atoms with van der Waals surface area (Å²) in [7, 11) is 0. The van der Waals surface area contributed by atoms with Crippen molar-refractivity contribution in [1.29, 1.82) is 0 Å². The van der Waals surface area contributed by atoms with Crippen LogP contribution in [0.25, 0.3) is 11.0 Å². The molecule has 0 bridgehead atoms. The van der Waals surface area contributed by atoms with Crippen LogP contribution >= 0.6 is 0 Å². The molecule has 0 aromatic carbocycles. The van der Waals surface area contributed by atoms with Gasteiger partial charge in [-0.25, -0.2) is 9.97 Å². The van der Waals surface area contributed by atoms with Crippen LogP contribution in [0.1, 0.15) is 6.42 Å². The summed E-state index contributed by atoms with van der Waals surface area (Å²) in [5.41, 5.74) is 0.848. The lowest BCUT2D eigenvalue weighted by Crippen LogP contribution is -2.53. The van der Waals surface area contributed by atoms with Crippen molar-refractivity contribution in [2.24, 2.45) is 11.8 Å². The lowest BCUT2D eigenvalue weighted by molar-refractivity contribution is -0.151. The van der Waals surface area contributed by atoms with Crippen LogP contribution in [0.2, 0.25) is 0 Å². The SMILES string of the molecule is O=C(OCCN1CCOCC1)C1CNC[C@H]2[C@@H]1CCN2c1ncnc2[nH]ccc12. The van der Waals surface area contributed by atoms with E-state index in [1.807, 2.05) is 12.3 Å². The van der Waals surface area contributed by atoms with Crippen LogP contribution < -0.4 is 10.2 Å². The second-order valence-electron chi connectivity index (χ2n) is 8.04. The number of rotatable bonds is 5. The Balaban J connectivity index is 1.23. The minimum Gasteiger partial charge on any atom is -0.464 e. The van der Waals surface area contributed by atoms with Crippen LogP contribution in [0.5, 0.6) is 0 Å². The fourth-order valence-electron chi connectivity index (χ4n) is 4.96. The number of ether oxygens (including phenoxy) is 2. The van der Waals surface area contributed by atoms with Gasteiger partial charge in [-0.1, -0.05) is 0 Å². The molecular weight excluding hydrogens is 372 g/mol. The van der Waals surface area contributed by atoms with E-state index in [9.17, 15) is 4.79 Å². The van der Waals surface area contributed by atoms with Gasteiger partial charge in [0.1, 0.15) is 24.4 Å². The fourth-order valence-corrected chi connectivity index (χ4v) is 4.96. The van der Waals surface area contributed by atoms with Gasteiger partial charge in [-0.3, -0.25) is 9.69 Å². The molecule has 0 amide bonds. The molecule has 2 aromatic heterocycles. The molecule has 0 saturated carbocycles. The van der Waals surface area contributed by atoms with Gasteiger partial charge in [0.25, 0.3) is 0 Å². The molecule has 0 aliphatic carbocycles. The maximum atomic E-state index is 12.8. The van der Waals surface area contributed by atoms with Crippen LogP contribution in [-0.2, 0) is 14.3 Å². The number of aromatic amines is 1. The third kappa shape index (κ3) is 3.70. The van der Waals surface area contributed by atoms with Crippen LogP contribution in [-0.4, -0.2) is 91.0 Å². The number of piperidine rings is 1. The lowest BCUT2D eigenvalue weighted by Gasteiger charge is -2.37. The summed E-state index contributed by atoms with van der Waals surface area (Å²) in [6, 6.07) is 2.26. The van der Waals surface area contributed by atoms with Crippen molar-refractivity contribution in [3.05, 3.63) is 18.6 Å². The molecule has 5 rings (SSSR count). The van der Waals surface area contributed by atoms with E-state index in [1.165, 1.54) is 0 Å². The van der Waals surface area contributed by atoms with Crippen molar-refractivity contribution < 1.29 is 14.3 Å². The van der Waals surface area contributed by atoms with E-state index < -0.39 is 0 Å². The number of carbonyl (C=O) groups is 1. The number of nitrogens with one attached hydrogen (secondary N) is 2. The minimum atomic E-state index is -0.105. The molecule has 1 unspecified atom stereocenters. The van der Waals surface area contributed by atoms with E-state index in [4.69, 9.17) is 9.47 Å². The summed E-state index contributed by atoms with van der Waals surface area (Å²) in [5.74, 6) is 1.06. The van der Waals surface area contributed by atoms with E-state index in [2.05, 4.69) is 30.1 Å². The Morgan fingerprint density at radius 3 is 3.03 bits per heavy atom. The first-order chi connectivity index (χ1) is 14.3. The van der Waals surface area contributed by atoms with Gasteiger partial charge in [-0.05, 0) is 18.4 Å². The Bertz CT molecular complexity index is 852. The van der Waals surface area contributed by atoms with Crippen molar-refractivity contribution in [3.63, 3.8) is 0 Å². The van der Waals surface area contributed by atoms with Crippen molar-refractivity contribution >= 4 is 22.8 Å². The first-order valence-corrected chi connectivity index (χ1v) is 10.5. The molecule has 3 aliphatic rings.